The number of alkyl halides is 3. The molecule has 1 N–H and O–H groups in total. The smallest absolute Gasteiger partial charge is 0.381 e. The van der Waals surface area contributed by atoms with Crippen molar-refractivity contribution in [2.75, 3.05) is 5.32 Å². The second-order valence-electron chi connectivity index (χ2n) is 4.24. The lowest BCUT2D eigenvalue weighted by Gasteiger charge is -2.10. The highest BCUT2D eigenvalue weighted by Crippen LogP contribution is 2.29. The fourth-order valence-electron chi connectivity index (χ4n) is 1.76. The number of rotatable bonds is 3. The predicted molar refractivity (Wildman–Crippen MR) is 69.9 cm³/mol. The summed E-state index contributed by atoms with van der Waals surface area (Å²) < 4.78 is 37.7. The van der Waals surface area contributed by atoms with Gasteiger partial charge in [0.05, 0.1) is 17.2 Å². The fraction of sp³-hybridized carbons (Fsp3) is 0.133. The second-order valence-corrected chi connectivity index (χ2v) is 4.24. The van der Waals surface area contributed by atoms with Crippen LogP contribution >= 0.6 is 0 Å². The summed E-state index contributed by atoms with van der Waals surface area (Å²) in [7, 11) is 0. The Labute approximate surface area is 114 Å². The van der Waals surface area contributed by atoms with Crippen LogP contribution in [0.1, 0.15) is 16.7 Å². The van der Waals surface area contributed by atoms with Gasteiger partial charge < -0.3 is 5.32 Å². The van der Waals surface area contributed by atoms with E-state index in [4.69, 9.17) is 5.26 Å². The predicted octanol–water partition coefficient (Wildman–Crippen LogP) is 4.19. The van der Waals surface area contributed by atoms with Crippen molar-refractivity contribution < 1.29 is 13.2 Å². The average Bonchev–Trinajstić information content (AvgIpc) is 2.45. The van der Waals surface area contributed by atoms with Gasteiger partial charge in [0.2, 0.25) is 0 Å². The van der Waals surface area contributed by atoms with Crippen molar-refractivity contribution in [3.63, 3.8) is 0 Å². The number of halogens is 3. The van der Waals surface area contributed by atoms with E-state index in [-0.39, 0.29) is 6.54 Å². The van der Waals surface area contributed by atoms with E-state index in [0.29, 0.717) is 16.8 Å². The Kier molecular flexibility index (Phi) is 3.94. The minimum atomic E-state index is -4.34. The Hall–Kier alpha value is -2.48. The first-order valence-corrected chi connectivity index (χ1v) is 5.89. The molecule has 5 heteroatoms. The summed E-state index contributed by atoms with van der Waals surface area (Å²) in [5, 5.41) is 11.8. The summed E-state index contributed by atoms with van der Waals surface area (Å²) in [6.45, 7) is 0.263. The normalized spacial score (nSPS) is 10.9. The second kappa shape index (κ2) is 5.66. The van der Waals surface area contributed by atoms with Crippen LogP contribution in [0.5, 0.6) is 0 Å². The molecular weight excluding hydrogens is 265 g/mol. The van der Waals surface area contributed by atoms with Gasteiger partial charge in [-0.25, -0.2) is 0 Å². The zero-order valence-corrected chi connectivity index (χ0v) is 10.4. The maximum atomic E-state index is 12.6. The molecule has 0 saturated heterocycles. The number of nitrogens with one attached hydrogen (secondary N) is 1. The van der Waals surface area contributed by atoms with Crippen LogP contribution in [0.4, 0.5) is 18.9 Å². The van der Waals surface area contributed by atoms with Crippen LogP contribution in [0, 0.1) is 11.3 Å². The number of hydrogen-bond acceptors (Lipinski definition) is 2. The largest absolute Gasteiger partial charge is 0.416 e. The maximum absolute atomic E-state index is 12.6. The molecule has 0 heterocycles. The van der Waals surface area contributed by atoms with Crippen molar-refractivity contribution in [3.05, 3.63) is 65.2 Å². The van der Waals surface area contributed by atoms with Gasteiger partial charge in [-0.05, 0) is 35.9 Å². The third kappa shape index (κ3) is 3.51. The molecule has 102 valence electrons. The van der Waals surface area contributed by atoms with E-state index in [0.717, 1.165) is 12.1 Å². The number of benzene rings is 2. The topological polar surface area (TPSA) is 35.8 Å². The number of hydrogen-bond donors (Lipinski definition) is 1. The third-order valence-corrected chi connectivity index (χ3v) is 2.74. The number of anilines is 1. The molecule has 2 aromatic carbocycles. The minimum absolute atomic E-state index is 0.263. The maximum Gasteiger partial charge on any atom is 0.416 e. The molecule has 0 fully saturated rings. The minimum Gasteiger partial charge on any atom is -0.381 e. The van der Waals surface area contributed by atoms with Gasteiger partial charge in [0.1, 0.15) is 0 Å². The Morgan fingerprint density at radius 3 is 2.50 bits per heavy atom. The molecule has 0 amide bonds. The summed E-state index contributed by atoms with van der Waals surface area (Å²) in [5.74, 6) is 0. The zero-order valence-electron chi connectivity index (χ0n) is 10.4. The van der Waals surface area contributed by atoms with Crippen molar-refractivity contribution >= 4 is 5.69 Å². The lowest BCUT2D eigenvalue weighted by Crippen LogP contribution is -2.06. The number of nitrogens with zero attached hydrogens (tertiary/aromatic N) is 1. The van der Waals surface area contributed by atoms with E-state index < -0.39 is 11.7 Å². The molecule has 2 nitrogen and oxygen atoms in total. The van der Waals surface area contributed by atoms with Gasteiger partial charge in [-0.1, -0.05) is 18.2 Å². The van der Waals surface area contributed by atoms with Crippen LogP contribution in [0.3, 0.4) is 0 Å². The third-order valence-electron chi connectivity index (χ3n) is 2.74. The van der Waals surface area contributed by atoms with E-state index >= 15 is 0 Å². The van der Waals surface area contributed by atoms with E-state index in [9.17, 15) is 13.2 Å². The Morgan fingerprint density at radius 1 is 1.05 bits per heavy atom. The van der Waals surface area contributed by atoms with Crippen LogP contribution < -0.4 is 5.32 Å². The summed E-state index contributed by atoms with van der Waals surface area (Å²) in [6, 6.07) is 13.9. The summed E-state index contributed by atoms with van der Waals surface area (Å²) in [5.41, 5.74) is 1.06. The molecule has 0 bridgehead atoms. The molecule has 0 aromatic heterocycles. The van der Waals surface area contributed by atoms with Crippen molar-refractivity contribution in [2.45, 2.75) is 12.7 Å². The van der Waals surface area contributed by atoms with Gasteiger partial charge in [-0.3, -0.25) is 0 Å². The molecule has 0 saturated carbocycles. The summed E-state index contributed by atoms with van der Waals surface area (Å²) in [4.78, 5) is 0. The summed E-state index contributed by atoms with van der Waals surface area (Å²) in [6.07, 6.45) is -4.34. The van der Waals surface area contributed by atoms with Crippen molar-refractivity contribution in [1.29, 1.82) is 5.26 Å². The van der Waals surface area contributed by atoms with Crippen LogP contribution in [0.25, 0.3) is 0 Å². The average molecular weight is 276 g/mol. The Balaban J connectivity index is 2.09. The first-order valence-electron chi connectivity index (χ1n) is 5.89. The highest BCUT2D eigenvalue weighted by atomic mass is 19.4. The number of nitriles is 1. The highest BCUT2D eigenvalue weighted by molar-refractivity contribution is 5.49. The van der Waals surface area contributed by atoms with Crippen LogP contribution in [-0.2, 0) is 12.7 Å². The lowest BCUT2D eigenvalue weighted by atomic mass is 10.1. The molecule has 0 radical (unpaired) electrons. The SMILES string of the molecule is N#Cc1cccc(NCc2cccc(C(F)(F)F)c2)c1. The highest BCUT2D eigenvalue weighted by Gasteiger charge is 2.30. The first-order chi connectivity index (χ1) is 9.49. The molecule has 0 unspecified atom stereocenters. The van der Waals surface area contributed by atoms with E-state index in [1.165, 1.54) is 6.07 Å². The fourth-order valence-corrected chi connectivity index (χ4v) is 1.76. The van der Waals surface area contributed by atoms with E-state index in [2.05, 4.69) is 5.32 Å². The molecule has 0 aliphatic rings. The van der Waals surface area contributed by atoms with Crippen LogP contribution in [-0.4, -0.2) is 0 Å². The summed E-state index contributed by atoms with van der Waals surface area (Å²) >= 11 is 0. The van der Waals surface area contributed by atoms with Crippen molar-refractivity contribution in [1.82, 2.24) is 0 Å². The molecule has 0 spiro atoms. The lowest BCUT2D eigenvalue weighted by molar-refractivity contribution is -0.137. The molecule has 0 aliphatic carbocycles. The van der Waals surface area contributed by atoms with Gasteiger partial charge >= 0.3 is 6.18 Å². The van der Waals surface area contributed by atoms with Gasteiger partial charge in [0.15, 0.2) is 0 Å². The van der Waals surface area contributed by atoms with E-state index in [1.807, 2.05) is 6.07 Å². The Morgan fingerprint density at radius 2 is 1.80 bits per heavy atom. The van der Waals surface area contributed by atoms with Gasteiger partial charge in [0.25, 0.3) is 0 Å². The molecule has 0 atom stereocenters. The molecule has 2 aromatic rings. The first kappa shape index (κ1) is 13.9. The molecule has 2 rings (SSSR count). The van der Waals surface area contributed by atoms with Crippen molar-refractivity contribution in [2.24, 2.45) is 0 Å². The van der Waals surface area contributed by atoms with E-state index in [1.54, 1.807) is 30.3 Å². The Bertz CT molecular complexity index is 642. The van der Waals surface area contributed by atoms with Gasteiger partial charge in [-0.15, -0.1) is 0 Å². The monoisotopic (exact) mass is 276 g/mol. The molecular formula is C15H11F3N2. The zero-order chi connectivity index (χ0) is 14.6. The van der Waals surface area contributed by atoms with Crippen LogP contribution in [0.15, 0.2) is 48.5 Å². The van der Waals surface area contributed by atoms with Gasteiger partial charge in [-0.2, -0.15) is 18.4 Å². The molecule has 0 aliphatic heterocycles. The van der Waals surface area contributed by atoms with Crippen molar-refractivity contribution in [3.8, 4) is 6.07 Å². The van der Waals surface area contributed by atoms with Crippen LogP contribution in [0.2, 0.25) is 0 Å². The molecule has 20 heavy (non-hydrogen) atoms. The quantitative estimate of drug-likeness (QED) is 0.912. The van der Waals surface area contributed by atoms with Gasteiger partial charge in [0, 0.05) is 12.2 Å². The standard InChI is InChI=1S/C15H11F3N2/c16-15(17,18)13-5-1-4-12(7-13)10-20-14-6-2-3-11(8-14)9-19/h1-8,20H,10H2.